The van der Waals surface area contributed by atoms with E-state index in [1.807, 2.05) is 13.0 Å². The summed E-state index contributed by atoms with van der Waals surface area (Å²) in [5.41, 5.74) is 10.6. The first-order valence-electron chi connectivity index (χ1n) is 7.40. The highest BCUT2D eigenvalue weighted by Crippen LogP contribution is 2.31. The van der Waals surface area contributed by atoms with Crippen molar-refractivity contribution in [3.05, 3.63) is 58.6 Å². The molecule has 0 aliphatic rings. The Labute approximate surface area is 132 Å². The van der Waals surface area contributed by atoms with E-state index in [1.54, 1.807) is 0 Å². The van der Waals surface area contributed by atoms with E-state index in [-0.39, 0.29) is 6.04 Å². The molecule has 0 fully saturated rings. The maximum atomic E-state index is 6.42. The molecule has 0 aliphatic heterocycles. The average Bonchev–Trinajstić information content (AvgIpc) is 2.44. The van der Waals surface area contributed by atoms with E-state index >= 15 is 0 Å². The van der Waals surface area contributed by atoms with Gasteiger partial charge in [-0.15, -0.1) is 0 Å². The number of hydrogen-bond donors (Lipinski definition) is 1. The molecular formula is C18H23ClN2. The minimum atomic E-state index is 0.118. The Morgan fingerprint density at radius 2 is 1.90 bits per heavy atom. The van der Waals surface area contributed by atoms with Crippen LogP contribution in [0.4, 0.5) is 11.4 Å². The Bertz CT molecular complexity index is 608. The molecule has 0 aromatic heterocycles. The SMILES string of the molecule is CCN(c1ccc(CC(C)N)c(Cl)c1)c1ccccc1C. The molecule has 0 heterocycles. The van der Waals surface area contributed by atoms with Gasteiger partial charge in [0, 0.05) is 29.0 Å². The van der Waals surface area contributed by atoms with Gasteiger partial charge in [0.25, 0.3) is 0 Å². The van der Waals surface area contributed by atoms with Crippen LogP contribution in [0.3, 0.4) is 0 Å². The Morgan fingerprint density at radius 3 is 2.48 bits per heavy atom. The summed E-state index contributed by atoms with van der Waals surface area (Å²) in [4.78, 5) is 2.27. The highest BCUT2D eigenvalue weighted by atomic mass is 35.5. The Kier molecular flexibility index (Phi) is 5.27. The first kappa shape index (κ1) is 15.9. The zero-order valence-electron chi connectivity index (χ0n) is 12.9. The summed E-state index contributed by atoms with van der Waals surface area (Å²) in [7, 11) is 0. The molecule has 0 radical (unpaired) electrons. The fourth-order valence-corrected chi connectivity index (χ4v) is 2.83. The molecular weight excluding hydrogens is 280 g/mol. The molecule has 3 heteroatoms. The zero-order valence-corrected chi connectivity index (χ0v) is 13.7. The molecule has 0 amide bonds. The van der Waals surface area contributed by atoms with Gasteiger partial charge in [0.1, 0.15) is 0 Å². The second kappa shape index (κ2) is 6.97. The smallest absolute Gasteiger partial charge is 0.0459 e. The van der Waals surface area contributed by atoms with Crippen molar-refractivity contribution >= 4 is 23.0 Å². The molecule has 2 N–H and O–H groups in total. The van der Waals surface area contributed by atoms with E-state index in [2.05, 4.69) is 55.1 Å². The second-order valence-corrected chi connectivity index (χ2v) is 5.90. The number of halogens is 1. The number of rotatable bonds is 5. The topological polar surface area (TPSA) is 29.3 Å². The number of nitrogens with zero attached hydrogens (tertiary/aromatic N) is 1. The quantitative estimate of drug-likeness (QED) is 0.867. The lowest BCUT2D eigenvalue weighted by atomic mass is 10.1. The van der Waals surface area contributed by atoms with E-state index in [0.717, 1.165) is 29.2 Å². The Hall–Kier alpha value is -1.51. The molecule has 0 spiro atoms. The van der Waals surface area contributed by atoms with Gasteiger partial charge in [0.05, 0.1) is 0 Å². The summed E-state index contributed by atoms with van der Waals surface area (Å²) in [5, 5.41) is 0.789. The third-order valence-corrected chi connectivity index (χ3v) is 3.96. The standard InChI is InChI=1S/C18H23ClN2/c1-4-21(18-8-6-5-7-13(18)2)16-10-9-15(11-14(3)20)17(19)12-16/h5-10,12,14H,4,11,20H2,1-3H3. The van der Waals surface area contributed by atoms with Gasteiger partial charge in [-0.1, -0.05) is 35.9 Å². The molecule has 112 valence electrons. The van der Waals surface area contributed by atoms with Crippen molar-refractivity contribution < 1.29 is 0 Å². The van der Waals surface area contributed by atoms with Gasteiger partial charge in [-0.25, -0.2) is 0 Å². The highest BCUT2D eigenvalue weighted by molar-refractivity contribution is 6.31. The molecule has 2 rings (SSSR count). The largest absolute Gasteiger partial charge is 0.342 e. The number of aryl methyl sites for hydroxylation is 1. The molecule has 21 heavy (non-hydrogen) atoms. The summed E-state index contributed by atoms with van der Waals surface area (Å²) in [6.45, 7) is 7.17. The summed E-state index contributed by atoms with van der Waals surface area (Å²) in [6.07, 6.45) is 0.801. The summed E-state index contributed by atoms with van der Waals surface area (Å²) < 4.78 is 0. The number of benzene rings is 2. The second-order valence-electron chi connectivity index (χ2n) is 5.49. The van der Waals surface area contributed by atoms with Gasteiger partial charge in [-0.05, 0) is 56.5 Å². The summed E-state index contributed by atoms with van der Waals surface area (Å²) in [5.74, 6) is 0. The van der Waals surface area contributed by atoms with Crippen LogP contribution in [0.1, 0.15) is 25.0 Å². The third kappa shape index (κ3) is 3.78. The van der Waals surface area contributed by atoms with E-state index in [4.69, 9.17) is 17.3 Å². The molecule has 2 aromatic rings. The molecule has 0 saturated heterocycles. The molecule has 0 aliphatic carbocycles. The van der Waals surface area contributed by atoms with Crippen molar-refractivity contribution in [2.24, 2.45) is 5.73 Å². The first-order chi connectivity index (χ1) is 10.0. The van der Waals surface area contributed by atoms with Crippen LogP contribution in [0, 0.1) is 6.92 Å². The summed E-state index contributed by atoms with van der Waals surface area (Å²) in [6, 6.07) is 14.8. The lowest BCUT2D eigenvalue weighted by Crippen LogP contribution is -2.19. The van der Waals surface area contributed by atoms with E-state index < -0.39 is 0 Å². The maximum Gasteiger partial charge on any atom is 0.0459 e. The van der Waals surface area contributed by atoms with Crippen molar-refractivity contribution in [1.29, 1.82) is 0 Å². The highest BCUT2D eigenvalue weighted by Gasteiger charge is 2.12. The van der Waals surface area contributed by atoms with Crippen LogP contribution in [0.25, 0.3) is 0 Å². The van der Waals surface area contributed by atoms with Gasteiger partial charge in [-0.2, -0.15) is 0 Å². The minimum absolute atomic E-state index is 0.118. The third-order valence-electron chi connectivity index (χ3n) is 3.61. The lowest BCUT2D eigenvalue weighted by Gasteiger charge is -2.25. The van der Waals surface area contributed by atoms with E-state index in [9.17, 15) is 0 Å². The van der Waals surface area contributed by atoms with Crippen LogP contribution in [-0.2, 0) is 6.42 Å². The molecule has 2 aromatic carbocycles. The zero-order chi connectivity index (χ0) is 15.4. The van der Waals surface area contributed by atoms with Crippen molar-refractivity contribution in [1.82, 2.24) is 0 Å². The molecule has 0 saturated carbocycles. The molecule has 1 atom stereocenters. The predicted molar refractivity (Wildman–Crippen MR) is 92.7 cm³/mol. The van der Waals surface area contributed by atoms with Gasteiger partial charge < -0.3 is 10.6 Å². The van der Waals surface area contributed by atoms with Gasteiger partial charge in [0.15, 0.2) is 0 Å². The average molecular weight is 303 g/mol. The van der Waals surface area contributed by atoms with Crippen LogP contribution in [0.2, 0.25) is 5.02 Å². The van der Waals surface area contributed by atoms with Crippen LogP contribution in [0.15, 0.2) is 42.5 Å². The van der Waals surface area contributed by atoms with Gasteiger partial charge >= 0.3 is 0 Å². The Balaban J connectivity index is 2.36. The first-order valence-corrected chi connectivity index (χ1v) is 7.78. The normalized spacial score (nSPS) is 12.2. The fraction of sp³-hybridized carbons (Fsp3) is 0.333. The van der Waals surface area contributed by atoms with Crippen LogP contribution < -0.4 is 10.6 Å². The molecule has 0 bridgehead atoms. The van der Waals surface area contributed by atoms with E-state index in [1.165, 1.54) is 11.3 Å². The number of anilines is 2. The van der Waals surface area contributed by atoms with Crippen molar-refractivity contribution in [2.75, 3.05) is 11.4 Å². The molecule has 1 unspecified atom stereocenters. The maximum absolute atomic E-state index is 6.42. The van der Waals surface area contributed by atoms with Crippen LogP contribution >= 0.6 is 11.6 Å². The van der Waals surface area contributed by atoms with Crippen LogP contribution in [0.5, 0.6) is 0 Å². The molecule has 2 nitrogen and oxygen atoms in total. The van der Waals surface area contributed by atoms with Crippen molar-refractivity contribution in [3.63, 3.8) is 0 Å². The summed E-state index contributed by atoms with van der Waals surface area (Å²) >= 11 is 6.42. The number of hydrogen-bond acceptors (Lipinski definition) is 2. The monoisotopic (exact) mass is 302 g/mol. The minimum Gasteiger partial charge on any atom is -0.342 e. The Morgan fingerprint density at radius 1 is 1.19 bits per heavy atom. The van der Waals surface area contributed by atoms with E-state index in [0.29, 0.717) is 0 Å². The number of nitrogens with two attached hydrogens (primary N) is 1. The fourth-order valence-electron chi connectivity index (χ4n) is 2.57. The van der Waals surface area contributed by atoms with Gasteiger partial charge in [0.2, 0.25) is 0 Å². The van der Waals surface area contributed by atoms with Crippen molar-refractivity contribution in [3.8, 4) is 0 Å². The predicted octanol–water partition coefficient (Wildman–Crippen LogP) is 4.70. The number of para-hydroxylation sites is 1. The van der Waals surface area contributed by atoms with Crippen LogP contribution in [-0.4, -0.2) is 12.6 Å². The van der Waals surface area contributed by atoms with Crippen molar-refractivity contribution in [2.45, 2.75) is 33.2 Å². The van der Waals surface area contributed by atoms with Gasteiger partial charge in [-0.3, -0.25) is 0 Å². The lowest BCUT2D eigenvalue weighted by molar-refractivity contribution is 0.738.